The zero-order valence-electron chi connectivity index (χ0n) is 44.8. The van der Waals surface area contributed by atoms with E-state index >= 15 is 0 Å². The van der Waals surface area contributed by atoms with Crippen LogP contribution in [0.1, 0.15) is 103 Å². The van der Waals surface area contributed by atoms with Crippen LogP contribution >= 0.6 is 0 Å². The average molecular weight is 963 g/mol. The van der Waals surface area contributed by atoms with Gasteiger partial charge in [0.1, 0.15) is 0 Å². The second-order valence-corrected chi connectivity index (χ2v) is 23.0. The predicted octanol–water partition coefficient (Wildman–Crippen LogP) is 19.8. The fourth-order valence-electron chi connectivity index (χ4n) is 12.4. The first-order valence-corrected chi connectivity index (χ1v) is 27.2. The van der Waals surface area contributed by atoms with Crippen LogP contribution in [0.3, 0.4) is 0 Å². The minimum Gasteiger partial charge on any atom is -0.310 e. The van der Waals surface area contributed by atoms with E-state index in [2.05, 4.69) is 258 Å². The Bertz CT molecular complexity index is 3960. The SMILES string of the molecule is CCc1cccc(N(c2cccc(CC)c2)c2ccc3c4cc5c(cc4n4c6ccc(C(C)(C)C)cc6c2c34)c2ccc(N(c3cccc(CC)c3)c3cccc(CC)c3)c3c4cc(C(C)(C)C)ccc4n5c23)c1. The molecule has 4 nitrogen and oxygen atoms in total. The lowest BCUT2D eigenvalue weighted by Gasteiger charge is -2.27. The number of rotatable bonds is 10. The van der Waals surface area contributed by atoms with Gasteiger partial charge < -0.3 is 18.6 Å². The molecule has 0 fully saturated rings. The molecule has 13 rings (SSSR count). The number of hydrogen-bond acceptors (Lipinski definition) is 2. The Morgan fingerprint density at radius 1 is 0.324 bits per heavy atom. The van der Waals surface area contributed by atoms with Crippen LogP contribution < -0.4 is 9.80 Å². The molecule has 74 heavy (non-hydrogen) atoms. The minimum absolute atomic E-state index is 0.0254. The molecule has 0 radical (unpaired) electrons. The Hall–Kier alpha value is -7.82. The molecule has 0 unspecified atom stereocenters. The lowest BCUT2D eigenvalue weighted by atomic mass is 9.86. The summed E-state index contributed by atoms with van der Waals surface area (Å²) in [5.74, 6) is 0. The Labute approximate surface area is 435 Å². The summed E-state index contributed by atoms with van der Waals surface area (Å²) in [6.45, 7) is 23.0. The van der Waals surface area contributed by atoms with Crippen LogP contribution in [0.15, 0.2) is 170 Å². The van der Waals surface area contributed by atoms with Crippen molar-refractivity contribution in [3.63, 3.8) is 0 Å². The summed E-state index contributed by atoms with van der Waals surface area (Å²) in [4.78, 5) is 5.05. The highest BCUT2D eigenvalue weighted by atomic mass is 15.2. The number of aromatic nitrogens is 2. The fourth-order valence-corrected chi connectivity index (χ4v) is 12.4. The molecule has 4 aromatic heterocycles. The van der Waals surface area contributed by atoms with Gasteiger partial charge in [0.25, 0.3) is 0 Å². The Kier molecular flexibility index (Phi) is 10.5. The molecule has 0 bridgehead atoms. The molecule has 0 aliphatic carbocycles. The predicted molar refractivity (Wildman–Crippen MR) is 320 cm³/mol. The van der Waals surface area contributed by atoms with Crippen molar-refractivity contribution in [1.82, 2.24) is 8.80 Å². The molecule has 0 saturated carbocycles. The van der Waals surface area contributed by atoms with Gasteiger partial charge in [-0.3, -0.25) is 0 Å². The summed E-state index contributed by atoms with van der Waals surface area (Å²) in [7, 11) is 0. The van der Waals surface area contributed by atoms with E-state index in [1.54, 1.807) is 0 Å². The number of benzene rings is 9. The minimum atomic E-state index is -0.0254. The summed E-state index contributed by atoms with van der Waals surface area (Å²) >= 11 is 0. The Morgan fingerprint density at radius 2 is 0.662 bits per heavy atom. The molecule has 4 heteroatoms. The lowest BCUT2D eigenvalue weighted by molar-refractivity contribution is 0.591. The van der Waals surface area contributed by atoms with Gasteiger partial charge in [0.15, 0.2) is 0 Å². The third-order valence-corrected chi connectivity index (χ3v) is 16.5. The van der Waals surface area contributed by atoms with Crippen LogP contribution in [0, 0.1) is 0 Å². The van der Waals surface area contributed by atoms with Crippen molar-refractivity contribution < 1.29 is 0 Å². The topological polar surface area (TPSA) is 15.3 Å². The zero-order chi connectivity index (χ0) is 50.9. The second kappa shape index (κ2) is 16.9. The first-order chi connectivity index (χ1) is 35.8. The summed E-state index contributed by atoms with van der Waals surface area (Å²) in [6.07, 6.45) is 3.90. The summed E-state index contributed by atoms with van der Waals surface area (Å²) in [6, 6.07) is 65.9. The maximum atomic E-state index is 2.60. The highest BCUT2D eigenvalue weighted by Crippen LogP contribution is 2.52. The van der Waals surface area contributed by atoms with Gasteiger partial charge in [0.05, 0.1) is 44.5 Å². The Balaban J connectivity index is 1.15. The molecule has 366 valence electrons. The van der Waals surface area contributed by atoms with Crippen LogP contribution in [-0.4, -0.2) is 8.80 Å². The van der Waals surface area contributed by atoms with Gasteiger partial charge in [0.2, 0.25) is 0 Å². The highest BCUT2D eigenvalue weighted by Gasteiger charge is 2.30. The van der Waals surface area contributed by atoms with E-state index in [1.807, 2.05) is 0 Å². The van der Waals surface area contributed by atoms with Crippen molar-refractivity contribution in [3.8, 4) is 0 Å². The number of hydrogen-bond donors (Lipinski definition) is 0. The van der Waals surface area contributed by atoms with Crippen molar-refractivity contribution >= 4 is 110 Å². The van der Waals surface area contributed by atoms with Gasteiger partial charge in [-0.25, -0.2) is 0 Å². The zero-order valence-corrected chi connectivity index (χ0v) is 44.8. The molecule has 9 aromatic carbocycles. The molecule has 13 aromatic rings. The monoisotopic (exact) mass is 963 g/mol. The van der Waals surface area contributed by atoms with E-state index in [0.29, 0.717) is 0 Å². The van der Waals surface area contributed by atoms with Gasteiger partial charge >= 0.3 is 0 Å². The maximum absolute atomic E-state index is 2.60. The first-order valence-electron chi connectivity index (χ1n) is 27.2. The quantitative estimate of drug-likeness (QED) is 0.136. The van der Waals surface area contributed by atoms with E-state index < -0.39 is 0 Å². The van der Waals surface area contributed by atoms with E-state index in [1.165, 1.54) is 144 Å². The van der Waals surface area contributed by atoms with Crippen LogP contribution in [0.4, 0.5) is 34.1 Å². The molecule has 0 spiro atoms. The smallest absolute Gasteiger partial charge is 0.0641 e. The number of nitrogens with zero attached hydrogens (tertiary/aromatic N) is 4. The van der Waals surface area contributed by atoms with Crippen LogP contribution in [0.25, 0.3) is 76.2 Å². The molecule has 0 aliphatic rings. The summed E-state index contributed by atoms with van der Waals surface area (Å²) in [5, 5.41) is 10.2. The molecule has 4 heterocycles. The fraction of sp³-hybridized carbons (Fsp3) is 0.229. The molecular formula is C70H66N4. The van der Waals surface area contributed by atoms with Crippen molar-refractivity contribution in [2.45, 2.75) is 106 Å². The van der Waals surface area contributed by atoms with Gasteiger partial charge in [-0.1, -0.05) is 142 Å². The van der Waals surface area contributed by atoms with Crippen molar-refractivity contribution in [2.75, 3.05) is 9.80 Å². The first kappa shape index (κ1) is 46.0. The van der Waals surface area contributed by atoms with E-state index in [0.717, 1.165) is 25.7 Å². The van der Waals surface area contributed by atoms with Crippen molar-refractivity contribution in [3.05, 3.63) is 203 Å². The average Bonchev–Trinajstić information content (AvgIpc) is 4.23. The Morgan fingerprint density at radius 3 is 0.973 bits per heavy atom. The normalized spacial score (nSPS) is 12.7. The van der Waals surface area contributed by atoms with Gasteiger partial charge in [-0.2, -0.15) is 0 Å². The number of aryl methyl sites for hydroxylation is 4. The van der Waals surface area contributed by atoms with E-state index in [-0.39, 0.29) is 10.8 Å². The third-order valence-electron chi connectivity index (χ3n) is 16.5. The lowest BCUT2D eigenvalue weighted by Crippen LogP contribution is -2.11. The summed E-state index contributed by atoms with van der Waals surface area (Å²) < 4.78 is 5.20. The molecular weight excluding hydrogens is 897 g/mol. The van der Waals surface area contributed by atoms with Gasteiger partial charge in [0, 0.05) is 65.8 Å². The van der Waals surface area contributed by atoms with Crippen molar-refractivity contribution in [2.24, 2.45) is 0 Å². The van der Waals surface area contributed by atoms with E-state index in [9.17, 15) is 0 Å². The maximum Gasteiger partial charge on any atom is 0.0641 e. The van der Waals surface area contributed by atoms with Gasteiger partial charge in [-0.15, -0.1) is 0 Å². The highest BCUT2D eigenvalue weighted by molar-refractivity contribution is 6.32. The molecule has 0 aliphatic heterocycles. The van der Waals surface area contributed by atoms with Crippen molar-refractivity contribution in [1.29, 1.82) is 0 Å². The molecule has 0 saturated heterocycles. The summed E-state index contributed by atoms with van der Waals surface area (Å²) in [5.41, 5.74) is 22.6. The molecule has 0 N–H and O–H groups in total. The van der Waals surface area contributed by atoms with Crippen LogP contribution in [0.5, 0.6) is 0 Å². The third kappa shape index (κ3) is 6.94. The standard InChI is InChI=1S/C70H66N4/c1-11-43-19-15-23-49(35-43)71(50-24-16-20-44(12-2)36-50)61-33-29-53-55-41-64-56(42-63(55)73-59-31-27-47(69(5,6)7)39-57(59)65(61)67(53)73)54-30-34-62(66-58-40-48(70(8,9)10)28-32-60(58)74(64)68(54)66)72(51-25-17-21-45(13-3)37-51)52-26-18-22-46(14-4)38-52/h15-42H,11-14H2,1-10H3. The van der Waals surface area contributed by atoms with Crippen LogP contribution in [0.2, 0.25) is 0 Å². The number of anilines is 6. The van der Waals surface area contributed by atoms with Crippen LogP contribution in [-0.2, 0) is 36.5 Å². The molecule has 0 amide bonds. The second-order valence-electron chi connectivity index (χ2n) is 23.0. The van der Waals surface area contributed by atoms with Gasteiger partial charge in [-0.05, 0) is 167 Å². The largest absolute Gasteiger partial charge is 0.310 e. The molecule has 0 atom stereocenters. The van der Waals surface area contributed by atoms with E-state index in [4.69, 9.17) is 0 Å². The number of fused-ring (bicyclic) bond motifs is 12.